The zero-order valence-electron chi connectivity index (χ0n) is 12.6. The molecule has 0 saturated heterocycles. The Kier molecular flexibility index (Phi) is 5.26. The number of esters is 1. The first kappa shape index (κ1) is 18.0. The van der Waals surface area contributed by atoms with E-state index in [1.807, 2.05) is 0 Å². The van der Waals surface area contributed by atoms with Gasteiger partial charge in [-0.3, -0.25) is 4.79 Å². The molecule has 0 aliphatic rings. The van der Waals surface area contributed by atoms with Crippen molar-refractivity contribution in [3.8, 4) is 0 Å². The SMILES string of the molecule is CS(=O)(=O)c1ccc(Cl)c(C(=O)OC(C(N)=O)c2ccccc2)c1. The van der Waals surface area contributed by atoms with Crippen LogP contribution in [0.15, 0.2) is 53.4 Å². The smallest absolute Gasteiger partial charge is 0.340 e. The number of carbonyl (C=O) groups excluding carboxylic acids is 2. The Hall–Kier alpha value is -2.38. The highest BCUT2D eigenvalue weighted by Crippen LogP contribution is 2.24. The highest BCUT2D eigenvalue weighted by Gasteiger charge is 2.25. The van der Waals surface area contributed by atoms with Crippen molar-refractivity contribution in [2.75, 3.05) is 6.26 Å². The second-order valence-corrected chi connectivity index (χ2v) is 7.44. The van der Waals surface area contributed by atoms with Crippen LogP contribution in [0, 0.1) is 0 Å². The highest BCUT2D eigenvalue weighted by molar-refractivity contribution is 7.90. The number of hydrogen-bond donors (Lipinski definition) is 1. The number of amides is 1. The van der Waals surface area contributed by atoms with Crippen molar-refractivity contribution >= 4 is 33.3 Å². The van der Waals surface area contributed by atoms with Crippen LogP contribution in [0.2, 0.25) is 5.02 Å². The maximum atomic E-state index is 12.3. The molecule has 0 saturated carbocycles. The predicted molar refractivity (Wildman–Crippen MR) is 88.4 cm³/mol. The summed E-state index contributed by atoms with van der Waals surface area (Å²) >= 11 is 5.94. The molecule has 8 heteroatoms. The van der Waals surface area contributed by atoms with Gasteiger partial charge in [-0.2, -0.15) is 0 Å². The zero-order valence-corrected chi connectivity index (χ0v) is 14.2. The third-order valence-electron chi connectivity index (χ3n) is 3.17. The normalized spacial score (nSPS) is 12.4. The fourth-order valence-electron chi connectivity index (χ4n) is 1.98. The molecule has 0 bridgehead atoms. The van der Waals surface area contributed by atoms with Gasteiger partial charge in [0.25, 0.3) is 5.91 Å². The van der Waals surface area contributed by atoms with Crippen LogP contribution in [0.3, 0.4) is 0 Å². The molecule has 0 aromatic heterocycles. The predicted octanol–water partition coefficient (Wildman–Crippen LogP) is 2.13. The molecule has 126 valence electrons. The first-order valence-electron chi connectivity index (χ1n) is 6.75. The van der Waals surface area contributed by atoms with Gasteiger partial charge in [0.2, 0.25) is 6.10 Å². The maximum Gasteiger partial charge on any atom is 0.340 e. The van der Waals surface area contributed by atoms with Crippen molar-refractivity contribution in [2.24, 2.45) is 5.73 Å². The Balaban J connectivity index is 2.36. The molecule has 0 radical (unpaired) electrons. The standard InChI is InChI=1S/C16H14ClNO5S/c1-24(21,22)11-7-8-13(17)12(9-11)16(20)23-14(15(18)19)10-5-3-2-4-6-10/h2-9,14H,1H3,(H2,18,19). The van der Waals surface area contributed by atoms with Crippen molar-refractivity contribution in [1.82, 2.24) is 0 Å². The minimum atomic E-state index is -3.53. The van der Waals surface area contributed by atoms with Gasteiger partial charge in [0, 0.05) is 11.8 Å². The minimum Gasteiger partial charge on any atom is -0.444 e. The van der Waals surface area contributed by atoms with E-state index in [4.69, 9.17) is 22.1 Å². The lowest BCUT2D eigenvalue weighted by atomic mass is 10.1. The Morgan fingerprint density at radius 1 is 1.12 bits per heavy atom. The fourth-order valence-corrected chi connectivity index (χ4v) is 2.82. The molecule has 0 aliphatic carbocycles. The van der Waals surface area contributed by atoms with Crippen LogP contribution in [-0.4, -0.2) is 26.6 Å². The molecule has 6 nitrogen and oxygen atoms in total. The van der Waals surface area contributed by atoms with Crippen LogP contribution >= 0.6 is 11.6 Å². The fraction of sp³-hybridized carbons (Fsp3) is 0.125. The van der Waals surface area contributed by atoms with Gasteiger partial charge in [-0.25, -0.2) is 13.2 Å². The molecule has 24 heavy (non-hydrogen) atoms. The Morgan fingerprint density at radius 3 is 2.29 bits per heavy atom. The molecule has 2 N–H and O–H groups in total. The zero-order chi connectivity index (χ0) is 17.9. The summed E-state index contributed by atoms with van der Waals surface area (Å²) in [5.41, 5.74) is 5.52. The lowest BCUT2D eigenvalue weighted by molar-refractivity contribution is -0.127. The quantitative estimate of drug-likeness (QED) is 0.815. The molecule has 1 atom stereocenters. The minimum absolute atomic E-state index is 0.00341. The number of halogens is 1. The summed E-state index contributed by atoms with van der Waals surface area (Å²) in [5, 5.41) is 0.00341. The monoisotopic (exact) mass is 367 g/mol. The summed E-state index contributed by atoms with van der Waals surface area (Å²) in [5.74, 6) is -1.80. The molecule has 0 fully saturated rings. The van der Waals surface area contributed by atoms with Crippen LogP contribution in [0.25, 0.3) is 0 Å². The number of hydrogen-bond acceptors (Lipinski definition) is 5. The van der Waals surface area contributed by atoms with Gasteiger partial charge in [0.05, 0.1) is 15.5 Å². The van der Waals surface area contributed by atoms with E-state index in [2.05, 4.69) is 0 Å². The van der Waals surface area contributed by atoms with Gasteiger partial charge in [-0.15, -0.1) is 0 Å². The average molecular weight is 368 g/mol. The molecular formula is C16H14ClNO5S. The number of primary amides is 1. The molecule has 1 amide bonds. The summed E-state index contributed by atoms with van der Waals surface area (Å²) in [7, 11) is -3.53. The molecule has 1 unspecified atom stereocenters. The van der Waals surface area contributed by atoms with Crippen molar-refractivity contribution in [3.63, 3.8) is 0 Å². The van der Waals surface area contributed by atoms with Crippen molar-refractivity contribution in [1.29, 1.82) is 0 Å². The summed E-state index contributed by atoms with van der Waals surface area (Å²) < 4.78 is 28.3. The van der Waals surface area contributed by atoms with E-state index < -0.39 is 27.8 Å². The van der Waals surface area contributed by atoms with Crippen LogP contribution in [0.5, 0.6) is 0 Å². The summed E-state index contributed by atoms with van der Waals surface area (Å²) in [6.45, 7) is 0. The van der Waals surface area contributed by atoms with E-state index in [1.165, 1.54) is 12.1 Å². The van der Waals surface area contributed by atoms with Gasteiger partial charge < -0.3 is 10.5 Å². The molecule has 0 spiro atoms. The third kappa shape index (κ3) is 4.12. The van der Waals surface area contributed by atoms with Crippen LogP contribution < -0.4 is 5.73 Å². The van der Waals surface area contributed by atoms with E-state index in [0.717, 1.165) is 12.3 Å². The van der Waals surface area contributed by atoms with Gasteiger partial charge in [0.1, 0.15) is 0 Å². The van der Waals surface area contributed by atoms with Crippen molar-refractivity contribution in [3.05, 3.63) is 64.7 Å². The average Bonchev–Trinajstić information content (AvgIpc) is 2.52. The molecule has 0 heterocycles. The number of ether oxygens (including phenoxy) is 1. The maximum absolute atomic E-state index is 12.3. The Morgan fingerprint density at radius 2 is 1.75 bits per heavy atom. The third-order valence-corrected chi connectivity index (χ3v) is 4.61. The Bertz CT molecular complexity index is 881. The van der Waals surface area contributed by atoms with Crippen LogP contribution in [0.1, 0.15) is 22.0 Å². The van der Waals surface area contributed by atoms with E-state index >= 15 is 0 Å². The molecule has 2 rings (SSSR count). The van der Waals surface area contributed by atoms with Gasteiger partial charge >= 0.3 is 5.97 Å². The molecular weight excluding hydrogens is 354 g/mol. The first-order valence-corrected chi connectivity index (χ1v) is 9.02. The van der Waals surface area contributed by atoms with Crippen molar-refractivity contribution < 1.29 is 22.7 Å². The van der Waals surface area contributed by atoms with Gasteiger partial charge in [-0.1, -0.05) is 41.9 Å². The molecule has 2 aromatic carbocycles. The van der Waals surface area contributed by atoms with Gasteiger partial charge in [-0.05, 0) is 18.2 Å². The number of carbonyl (C=O) groups is 2. The second kappa shape index (κ2) is 7.02. The number of rotatable bonds is 5. The lowest BCUT2D eigenvalue weighted by Gasteiger charge is -2.15. The van der Waals surface area contributed by atoms with E-state index in [-0.39, 0.29) is 15.5 Å². The Labute approximate surface area is 144 Å². The topological polar surface area (TPSA) is 104 Å². The van der Waals surface area contributed by atoms with E-state index in [1.54, 1.807) is 30.3 Å². The van der Waals surface area contributed by atoms with Crippen LogP contribution in [-0.2, 0) is 19.4 Å². The first-order chi connectivity index (χ1) is 11.2. The molecule has 2 aromatic rings. The van der Waals surface area contributed by atoms with Crippen molar-refractivity contribution in [2.45, 2.75) is 11.0 Å². The van der Waals surface area contributed by atoms with Gasteiger partial charge in [0.15, 0.2) is 9.84 Å². The summed E-state index contributed by atoms with van der Waals surface area (Å²) in [6.07, 6.45) is -0.307. The van der Waals surface area contributed by atoms with E-state index in [0.29, 0.717) is 5.56 Å². The lowest BCUT2D eigenvalue weighted by Crippen LogP contribution is -2.26. The largest absolute Gasteiger partial charge is 0.444 e. The van der Waals surface area contributed by atoms with Crippen LogP contribution in [0.4, 0.5) is 0 Å². The number of sulfone groups is 1. The molecule has 0 aliphatic heterocycles. The summed E-state index contributed by atoms with van der Waals surface area (Å²) in [4.78, 5) is 23.8. The number of nitrogens with two attached hydrogens (primary N) is 1. The highest BCUT2D eigenvalue weighted by atomic mass is 35.5. The van der Waals surface area contributed by atoms with E-state index in [9.17, 15) is 18.0 Å². The summed E-state index contributed by atoms with van der Waals surface area (Å²) in [6, 6.07) is 11.9. The second-order valence-electron chi connectivity index (χ2n) is 5.01. The number of benzene rings is 2.